The third-order valence-corrected chi connectivity index (χ3v) is 5.74. The summed E-state index contributed by atoms with van der Waals surface area (Å²) in [6.45, 7) is 1.28. The van der Waals surface area contributed by atoms with Gasteiger partial charge in [0.1, 0.15) is 5.01 Å². The molecule has 1 unspecified atom stereocenters. The summed E-state index contributed by atoms with van der Waals surface area (Å²) in [5.74, 6) is 0. The third kappa shape index (κ3) is 3.43. The van der Waals surface area contributed by atoms with Crippen molar-refractivity contribution in [2.45, 2.75) is 25.5 Å². The number of fused-ring (bicyclic) bond motifs is 1. The van der Waals surface area contributed by atoms with Crippen molar-refractivity contribution in [1.29, 1.82) is 0 Å². The van der Waals surface area contributed by atoms with E-state index in [4.69, 9.17) is 9.72 Å². The van der Waals surface area contributed by atoms with Gasteiger partial charge in [-0.3, -0.25) is 0 Å². The Morgan fingerprint density at radius 3 is 3.04 bits per heavy atom. The summed E-state index contributed by atoms with van der Waals surface area (Å²) in [5.41, 5.74) is 2.83. The SMILES string of the molecule is COCc1cccc(NC(=O)N2CCCC2c2nc3ccccc3s2)c1. The molecule has 6 heteroatoms. The molecule has 0 bridgehead atoms. The van der Waals surface area contributed by atoms with Crippen LogP contribution in [0.1, 0.15) is 29.5 Å². The molecule has 0 radical (unpaired) electrons. The van der Waals surface area contributed by atoms with Crippen molar-refractivity contribution < 1.29 is 9.53 Å². The highest BCUT2D eigenvalue weighted by atomic mass is 32.1. The predicted molar refractivity (Wildman–Crippen MR) is 104 cm³/mol. The second-order valence-electron chi connectivity index (χ2n) is 6.43. The molecule has 3 aromatic rings. The zero-order valence-electron chi connectivity index (χ0n) is 14.6. The Morgan fingerprint density at radius 2 is 2.19 bits per heavy atom. The van der Waals surface area contributed by atoms with Crippen molar-refractivity contribution in [3.63, 3.8) is 0 Å². The van der Waals surface area contributed by atoms with E-state index in [2.05, 4.69) is 11.4 Å². The molecule has 1 fully saturated rings. The molecule has 1 atom stereocenters. The molecule has 1 aliphatic rings. The van der Waals surface area contributed by atoms with Gasteiger partial charge in [-0.1, -0.05) is 24.3 Å². The van der Waals surface area contributed by atoms with Crippen LogP contribution >= 0.6 is 11.3 Å². The van der Waals surface area contributed by atoms with Crippen LogP contribution in [0, 0.1) is 0 Å². The largest absolute Gasteiger partial charge is 0.380 e. The number of carbonyl (C=O) groups excluding carboxylic acids is 1. The van der Waals surface area contributed by atoms with Crippen LogP contribution in [-0.2, 0) is 11.3 Å². The number of thiazole rings is 1. The Labute approximate surface area is 156 Å². The number of aromatic nitrogens is 1. The second-order valence-corrected chi connectivity index (χ2v) is 7.50. The molecule has 2 heterocycles. The number of amides is 2. The van der Waals surface area contributed by atoms with Crippen LogP contribution in [0.2, 0.25) is 0 Å². The van der Waals surface area contributed by atoms with Crippen molar-refractivity contribution in [3.8, 4) is 0 Å². The number of urea groups is 1. The van der Waals surface area contributed by atoms with Crippen LogP contribution in [0.15, 0.2) is 48.5 Å². The first kappa shape index (κ1) is 17.0. The van der Waals surface area contributed by atoms with Crippen LogP contribution in [0.25, 0.3) is 10.2 Å². The van der Waals surface area contributed by atoms with Crippen LogP contribution in [0.5, 0.6) is 0 Å². The molecule has 0 spiro atoms. The highest BCUT2D eigenvalue weighted by Gasteiger charge is 2.32. The Hall–Kier alpha value is -2.44. The zero-order chi connectivity index (χ0) is 17.9. The number of para-hydroxylation sites is 1. The molecule has 26 heavy (non-hydrogen) atoms. The van der Waals surface area contributed by atoms with Gasteiger partial charge in [-0.2, -0.15) is 0 Å². The van der Waals surface area contributed by atoms with Crippen LogP contribution in [0.4, 0.5) is 10.5 Å². The summed E-state index contributed by atoms with van der Waals surface area (Å²) in [6.07, 6.45) is 1.95. The molecule has 1 aromatic heterocycles. The number of likely N-dealkylation sites (tertiary alicyclic amines) is 1. The fourth-order valence-electron chi connectivity index (χ4n) is 3.40. The molecule has 0 saturated carbocycles. The predicted octanol–water partition coefficient (Wildman–Crippen LogP) is 4.81. The van der Waals surface area contributed by atoms with Gasteiger partial charge in [0, 0.05) is 19.3 Å². The van der Waals surface area contributed by atoms with Gasteiger partial charge >= 0.3 is 6.03 Å². The molecular weight excluding hydrogens is 346 g/mol. The van der Waals surface area contributed by atoms with E-state index in [1.165, 1.54) is 4.70 Å². The highest BCUT2D eigenvalue weighted by Crippen LogP contribution is 2.36. The first-order valence-corrected chi connectivity index (χ1v) is 9.57. The molecule has 1 saturated heterocycles. The smallest absolute Gasteiger partial charge is 0.322 e. The molecule has 4 rings (SSSR count). The van der Waals surface area contributed by atoms with Gasteiger partial charge in [-0.05, 0) is 42.7 Å². The number of nitrogens with zero attached hydrogens (tertiary/aromatic N) is 2. The van der Waals surface area contributed by atoms with Crippen LogP contribution in [0.3, 0.4) is 0 Å². The number of benzene rings is 2. The van der Waals surface area contributed by atoms with Gasteiger partial charge in [0.2, 0.25) is 0 Å². The number of rotatable bonds is 4. The number of carbonyl (C=O) groups is 1. The van der Waals surface area contributed by atoms with Crippen molar-refractivity contribution in [1.82, 2.24) is 9.88 Å². The average molecular weight is 367 g/mol. The molecule has 1 aliphatic heterocycles. The van der Waals surface area contributed by atoms with Crippen molar-refractivity contribution >= 4 is 33.3 Å². The summed E-state index contributed by atoms with van der Waals surface area (Å²) in [5, 5.41) is 4.04. The van der Waals surface area contributed by atoms with E-state index < -0.39 is 0 Å². The minimum absolute atomic E-state index is 0.0505. The van der Waals surface area contributed by atoms with E-state index in [0.717, 1.165) is 41.2 Å². The first-order valence-electron chi connectivity index (χ1n) is 8.75. The minimum atomic E-state index is -0.0682. The fourth-order valence-corrected chi connectivity index (χ4v) is 4.52. The normalized spacial score (nSPS) is 17.0. The molecular formula is C20H21N3O2S. The first-order chi connectivity index (χ1) is 12.7. The lowest BCUT2D eigenvalue weighted by Crippen LogP contribution is -2.34. The molecule has 2 aromatic carbocycles. The average Bonchev–Trinajstić information content (AvgIpc) is 3.29. The lowest BCUT2D eigenvalue weighted by molar-refractivity contribution is 0.185. The minimum Gasteiger partial charge on any atom is -0.380 e. The van der Waals surface area contributed by atoms with E-state index in [9.17, 15) is 4.79 Å². The number of hydrogen-bond donors (Lipinski definition) is 1. The van der Waals surface area contributed by atoms with Crippen LogP contribution in [-0.4, -0.2) is 29.6 Å². The zero-order valence-corrected chi connectivity index (χ0v) is 15.5. The molecule has 0 aliphatic carbocycles. The van der Waals surface area contributed by atoms with Crippen molar-refractivity contribution in [3.05, 3.63) is 59.1 Å². The maximum absolute atomic E-state index is 12.8. The standard InChI is InChI=1S/C20H21N3O2S/c1-25-13-14-6-4-7-15(12-14)21-20(24)23-11-5-9-17(23)19-22-16-8-2-3-10-18(16)26-19/h2-4,6-8,10,12,17H,5,9,11,13H2,1H3,(H,21,24). The lowest BCUT2D eigenvalue weighted by atomic mass is 10.2. The monoisotopic (exact) mass is 367 g/mol. The van der Waals surface area contributed by atoms with Crippen molar-refractivity contribution in [2.75, 3.05) is 19.0 Å². The number of nitrogens with one attached hydrogen (secondary N) is 1. The fraction of sp³-hybridized carbons (Fsp3) is 0.300. The number of ether oxygens (including phenoxy) is 1. The van der Waals surface area contributed by atoms with Gasteiger partial charge in [0.25, 0.3) is 0 Å². The quantitative estimate of drug-likeness (QED) is 0.720. The van der Waals surface area contributed by atoms with E-state index in [-0.39, 0.29) is 12.1 Å². The van der Waals surface area contributed by atoms with E-state index in [1.54, 1.807) is 18.4 Å². The number of anilines is 1. The Bertz CT molecular complexity index is 891. The Kier molecular flexibility index (Phi) is 4.86. The summed E-state index contributed by atoms with van der Waals surface area (Å²) in [4.78, 5) is 19.5. The summed E-state index contributed by atoms with van der Waals surface area (Å²) >= 11 is 1.68. The van der Waals surface area contributed by atoms with Gasteiger partial charge < -0.3 is 15.0 Å². The van der Waals surface area contributed by atoms with E-state index >= 15 is 0 Å². The lowest BCUT2D eigenvalue weighted by Gasteiger charge is -2.23. The van der Waals surface area contributed by atoms with Crippen molar-refractivity contribution in [2.24, 2.45) is 0 Å². The van der Waals surface area contributed by atoms with Gasteiger partial charge in [-0.25, -0.2) is 9.78 Å². The third-order valence-electron chi connectivity index (χ3n) is 4.60. The van der Waals surface area contributed by atoms with E-state index in [0.29, 0.717) is 6.61 Å². The summed E-state index contributed by atoms with van der Waals surface area (Å²) in [7, 11) is 1.66. The molecule has 1 N–H and O–H groups in total. The summed E-state index contributed by atoms with van der Waals surface area (Å²) in [6, 6.07) is 15.9. The Morgan fingerprint density at radius 1 is 1.31 bits per heavy atom. The maximum Gasteiger partial charge on any atom is 0.322 e. The maximum atomic E-state index is 12.8. The van der Waals surface area contributed by atoms with Gasteiger partial charge in [0.05, 0.1) is 22.9 Å². The summed E-state index contributed by atoms with van der Waals surface area (Å²) < 4.78 is 6.33. The highest BCUT2D eigenvalue weighted by molar-refractivity contribution is 7.18. The number of hydrogen-bond acceptors (Lipinski definition) is 4. The second kappa shape index (κ2) is 7.43. The molecule has 5 nitrogen and oxygen atoms in total. The topological polar surface area (TPSA) is 54.5 Å². The Balaban J connectivity index is 1.52. The van der Waals surface area contributed by atoms with Gasteiger partial charge in [0.15, 0.2) is 0 Å². The van der Waals surface area contributed by atoms with Gasteiger partial charge in [-0.15, -0.1) is 11.3 Å². The molecule has 134 valence electrons. The molecule has 2 amide bonds. The van der Waals surface area contributed by atoms with E-state index in [1.807, 2.05) is 47.4 Å². The number of methoxy groups -OCH3 is 1. The van der Waals surface area contributed by atoms with Crippen LogP contribution < -0.4 is 5.32 Å².